The van der Waals surface area contributed by atoms with Gasteiger partial charge in [-0.25, -0.2) is 4.79 Å². The molecule has 1 aromatic rings. The van der Waals surface area contributed by atoms with Gasteiger partial charge in [0.15, 0.2) is 17.3 Å². The topological polar surface area (TPSA) is 111 Å². The molecule has 2 aliphatic rings. The van der Waals surface area contributed by atoms with Gasteiger partial charge in [0.1, 0.15) is 5.84 Å². The number of amidine groups is 1. The standard InChI is InChI=1S/C13H12N2O5/c14-12(15-13(17)18)8-4-7(8)11(16)6-1-2-9-10(3-6)20-5-19-9/h1-3,7-8H,4-5H2,(H2,14,15)(H,17,18)/t7-,8-/m0/s1. The first-order valence-electron chi connectivity index (χ1n) is 6.07. The van der Waals surface area contributed by atoms with Crippen LogP contribution in [0.2, 0.25) is 0 Å². The molecule has 1 amide bonds. The number of fused-ring (bicyclic) bond motifs is 1. The lowest BCUT2D eigenvalue weighted by molar-refractivity contribution is 0.0964. The molecule has 1 aromatic carbocycles. The van der Waals surface area contributed by atoms with Crippen molar-refractivity contribution in [2.45, 2.75) is 6.42 Å². The first kappa shape index (κ1) is 12.5. The Hall–Kier alpha value is -2.57. The molecule has 1 aliphatic carbocycles. The van der Waals surface area contributed by atoms with Gasteiger partial charge >= 0.3 is 6.09 Å². The molecule has 1 heterocycles. The number of ketones is 1. The molecule has 0 spiro atoms. The van der Waals surface area contributed by atoms with Crippen LogP contribution in [0, 0.1) is 11.8 Å². The number of amides is 1. The van der Waals surface area contributed by atoms with Gasteiger partial charge in [-0.15, -0.1) is 0 Å². The molecule has 3 N–H and O–H groups in total. The Labute approximate surface area is 114 Å². The van der Waals surface area contributed by atoms with E-state index in [1.54, 1.807) is 18.2 Å². The van der Waals surface area contributed by atoms with Crippen LogP contribution in [-0.4, -0.2) is 29.6 Å². The van der Waals surface area contributed by atoms with Gasteiger partial charge in [0.25, 0.3) is 0 Å². The minimum Gasteiger partial charge on any atom is -0.463 e. The molecular weight excluding hydrogens is 264 g/mol. The van der Waals surface area contributed by atoms with Gasteiger partial charge in [0.2, 0.25) is 6.79 Å². The second-order valence-electron chi connectivity index (χ2n) is 4.70. The van der Waals surface area contributed by atoms with Gasteiger partial charge in [0, 0.05) is 17.4 Å². The quantitative estimate of drug-likeness (QED) is 0.488. The summed E-state index contributed by atoms with van der Waals surface area (Å²) in [5.41, 5.74) is 6.05. The fourth-order valence-electron chi connectivity index (χ4n) is 2.27. The highest BCUT2D eigenvalue weighted by molar-refractivity contribution is 6.05. The average molecular weight is 276 g/mol. The Morgan fingerprint density at radius 2 is 2.00 bits per heavy atom. The third-order valence-electron chi connectivity index (χ3n) is 3.39. The third-order valence-corrected chi connectivity index (χ3v) is 3.39. The summed E-state index contributed by atoms with van der Waals surface area (Å²) < 4.78 is 10.4. The smallest absolute Gasteiger partial charge is 0.432 e. The zero-order valence-corrected chi connectivity index (χ0v) is 10.4. The Balaban J connectivity index is 1.74. The summed E-state index contributed by atoms with van der Waals surface area (Å²) in [6, 6.07) is 4.97. The van der Waals surface area contributed by atoms with Crippen LogP contribution < -0.4 is 15.2 Å². The van der Waals surface area contributed by atoms with E-state index >= 15 is 0 Å². The fourth-order valence-corrected chi connectivity index (χ4v) is 2.27. The van der Waals surface area contributed by atoms with Crippen molar-refractivity contribution in [3.05, 3.63) is 23.8 Å². The summed E-state index contributed by atoms with van der Waals surface area (Å²) in [4.78, 5) is 25.9. The molecule has 0 unspecified atom stereocenters. The maximum Gasteiger partial charge on any atom is 0.432 e. The number of hydrogen-bond acceptors (Lipinski definition) is 4. The van der Waals surface area contributed by atoms with E-state index in [1.807, 2.05) is 0 Å². The Kier molecular flexibility index (Phi) is 2.81. The molecule has 0 radical (unpaired) electrons. The monoisotopic (exact) mass is 276 g/mol. The number of carbonyl (C=O) groups is 2. The molecule has 7 nitrogen and oxygen atoms in total. The molecule has 1 saturated carbocycles. The van der Waals surface area contributed by atoms with Crippen LogP contribution in [0.15, 0.2) is 23.2 Å². The fraction of sp³-hybridized carbons (Fsp3) is 0.308. The van der Waals surface area contributed by atoms with E-state index in [4.69, 9.17) is 20.3 Å². The van der Waals surface area contributed by atoms with Crippen molar-refractivity contribution in [1.82, 2.24) is 0 Å². The average Bonchev–Trinajstić information content (AvgIpc) is 3.07. The number of hydrogen-bond donors (Lipinski definition) is 2. The largest absolute Gasteiger partial charge is 0.463 e. The van der Waals surface area contributed by atoms with E-state index in [2.05, 4.69) is 4.99 Å². The van der Waals surface area contributed by atoms with Crippen molar-refractivity contribution in [2.75, 3.05) is 6.79 Å². The number of nitrogens with two attached hydrogens (primary N) is 1. The van der Waals surface area contributed by atoms with Crippen LogP contribution in [0.1, 0.15) is 16.8 Å². The molecule has 0 aromatic heterocycles. The van der Waals surface area contributed by atoms with Crippen LogP contribution in [0.3, 0.4) is 0 Å². The van der Waals surface area contributed by atoms with E-state index in [0.29, 0.717) is 23.5 Å². The number of nitrogens with zero attached hydrogens (tertiary/aromatic N) is 1. The molecular formula is C13H12N2O5. The highest BCUT2D eigenvalue weighted by Crippen LogP contribution is 2.42. The first-order chi connectivity index (χ1) is 9.56. The lowest BCUT2D eigenvalue weighted by atomic mass is 10.1. The van der Waals surface area contributed by atoms with Crippen LogP contribution in [0.5, 0.6) is 11.5 Å². The highest BCUT2D eigenvalue weighted by Gasteiger charge is 2.46. The SMILES string of the molecule is N/C(=N\C(=O)O)[C@H]1C[C@@H]1C(=O)c1ccc2c(c1)OCO2. The summed E-state index contributed by atoms with van der Waals surface area (Å²) in [6.07, 6.45) is -0.820. The van der Waals surface area contributed by atoms with Crippen molar-refractivity contribution in [3.8, 4) is 11.5 Å². The van der Waals surface area contributed by atoms with E-state index in [9.17, 15) is 9.59 Å². The predicted octanol–water partition coefficient (Wildman–Crippen LogP) is 1.27. The number of rotatable bonds is 3. The van der Waals surface area contributed by atoms with Crippen LogP contribution in [0.4, 0.5) is 4.79 Å². The van der Waals surface area contributed by atoms with Gasteiger partial charge in [-0.05, 0) is 24.6 Å². The molecule has 1 aliphatic heterocycles. The normalized spacial score (nSPS) is 23.5. The summed E-state index contributed by atoms with van der Waals surface area (Å²) in [5.74, 6) is 0.469. The van der Waals surface area contributed by atoms with Crippen molar-refractivity contribution in [3.63, 3.8) is 0 Å². The molecule has 1 fully saturated rings. The predicted molar refractivity (Wildman–Crippen MR) is 68.1 cm³/mol. The number of carbonyl (C=O) groups excluding carboxylic acids is 1. The molecule has 0 bridgehead atoms. The van der Waals surface area contributed by atoms with E-state index in [0.717, 1.165) is 0 Å². The van der Waals surface area contributed by atoms with Crippen molar-refractivity contribution >= 4 is 17.7 Å². The Morgan fingerprint density at radius 1 is 1.25 bits per heavy atom. The van der Waals surface area contributed by atoms with Crippen molar-refractivity contribution in [1.29, 1.82) is 0 Å². The summed E-state index contributed by atoms with van der Waals surface area (Å²) in [7, 11) is 0. The minimum atomic E-state index is -1.34. The van der Waals surface area contributed by atoms with Crippen LogP contribution >= 0.6 is 0 Å². The van der Waals surface area contributed by atoms with Crippen molar-refractivity contribution < 1.29 is 24.2 Å². The third kappa shape index (κ3) is 2.18. The zero-order chi connectivity index (χ0) is 14.3. The van der Waals surface area contributed by atoms with Gasteiger partial charge in [-0.1, -0.05) is 0 Å². The number of Topliss-reactive ketones (excluding diaryl/α,β-unsaturated/α-hetero) is 1. The van der Waals surface area contributed by atoms with Gasteiger partial charge in [-0.2, -0.15) is 4.99 Å². The maximum absolute atomic E-state index is 12.3. The minimum absolute atomic E-state index is 0.00315. The molecule has 2 atom stereocenters. The Bertz CT molecular complexity index is 625. The molecule has 3 rings (SSSR count). The number of ether oxygens (including phenoxy) is 2. The first-order valence-corrected chi connectivity index (χ1v) is 6.07. The lowest BCUT2D eigenvalue weighted by Gasteiger charge is -2.02. The van der Waals surface area contributed by atoms with Crippen LogP contribution in [-0.2, 0) is 0 Å². The molecule has 7 heteroatoms. The lowest BCUT2D eigenvalue weighted by Crippen LogP contribution is -2.19. The zero-order valence-electron chi connectivity index (χ0n) is 10.4. The second kappa shape index (κ2) is 4.52. The number of benzene rings is 1. The van der Waals surface area contributed by atoms with E-state index < -0.39 is 6.09 Å². The molecule has 0 saturated heterocycles. The number of aliphatic imine (C=N–C) groups is 1. The summed E-state index contributed by atoms with van der Waals surface area (Å²) in [6.45, 7) is 0.150. The maximum atomic E-state index is 12.3. The van der Waals surface area contributed by atoms with Crippen molar-refractivity contribution in [2.24, 2.45) is 22.6 Å². The summed E-state index contributed by atoms with van der Waals surface area (Å²) >= 11 is 0. The second-order valence-corrected chi connectivity index (χ2v) is 4.70. The Morgan fingerprint density at radius 3 is 2.75 bits per heavy atom. The molecule has 104 valence electrons. The molecule has 20 heavy (non-hydrogen) atoms. The van der Waals surface area contributed by atoms with Gasteiger partial charge in [-0.3, -0.25) is 4.79 Å². The van der Waals surface area contributed by atoms with Gasteiger partial charge < -0.3 is 20.3 Å². The van der Waals surface area contributed by atoms with E-state index in [-0.39, 0.29) is 30.2 Å². The van der Waals surface area contributed by atoms with Crippen LogP contribution in [0.25, 0.3) is 0 Å². The summed E-state index contributed by atoms with van der Waals surface area (Å²) in [5, 5.41) is 8.53. The van der Waals surface area contributed by atoms with Gasteiger partial charge in [0.05, 0.1) is 0 Å². The highest BCUT2D eigenvalue weighted by atomic mass is 16.7. The number of carboxylic acid groups (broad SMARTS) is 1. The van der Waals surface area contributed by atoms with E-state index in [1.165, 1.54) is 0 Å².